The van der Waals surface area contributed by atoms with Crippen molar-refractivity contribution in [3.05, 3.63) is 34.3 Å². The van der Waals surface area contributed by atoms with Crippen LogP contribution in [-0.4, -0.2) is 24.5 Å². The summed E-state index contributed by atoms with van der Waals surface area (Å²) in [5, 5.41) is 0. The standard InChI is InChI=1S/C17H27BrN2/c1-13(19)17(15-9-6-10-16(18)11-15)20(2)12-14-7-4-3-5-8-14/h6,9-11,13-14,17H,3-5,7-8,12,19H2,1-2H3. The van der Waals surface area contributed by atoms with Crippen LogP contribution in [0.3, 0.4) is 0 Å². The van der Waals surface area contributed by atoms with Gasteiger partial charge in [-0.25, -0.2) is 0 Å². The molecule has 0 saturated heterocycles. The molecule has 2 atom stereocenters. The van der Waals surface area contributed by atoms with E-state index in [1.807, 2.05) is 0 Å². The largest absolute Gasteiger partial charge is 0.326 e. The normalized spacial score (nSPS) is 20.1. The summed E-state index contributed by atoms with van der Waals surface area (Å²) in [6.07, 6.45) is 6.99. The lowest BCUT2D eigenvalue weighted by Gasteiger charge is -2.35. The van der Waals surface area contributed by atoms with Crippen molar-refractivity contribution in [1.29, 1.82) is 0 Å². The van der Waals surface area contributed by atoms with Gasteiger partial charge in [0.1, 0.15) is 0 Å². The molecule has 2 rings (SSSR count). The summed E-state index contributed by atoms with van der Waals surface area (Å²) in [7, 11) is 2.23. The molecule has 2 nitrogen and oxygen atoms in total. The summed E-state index contributed by atoms with van der Waals surface area (Å²) in [4.78, 5) is 2.46. The van der Waals surface area contributed by atoms with Crippen molar-refractivity contribution < 1.29 is 0 Å². The number of halogens is 1. The van der Waals surface area contributed by atoms with Crippen molar-refractivity contribution in [2.45, 2.75) is 51.1 Å². The fourth-order valence-electron chi connectivity index (χ4n) is 3.54. The summed E-state index contributed by atoms with van der Waals surface area (Å²) in [5.41, 5.74) is 7.58. The smallest absolute Gasteiger partial charge is 0.0494 e. The molecule has 1 aliphatic carbocycles. The van der Waals surface area contributed by atoms with Gasteiger partial charge in [-0.3, -0.25) is 4.90 Å². The molecule has 1 fully saturated rings. The molecule has 1 aliphatic rings. The Bertz CT molecular complexity index is 413. The molecule has 0 radical (unpaired) electrons. The van der Waals surface area contributed by atoms with Gasteiger partial charge in [0.15, 0.2) is 0 Å². The van der Waals surface area contributed by atoms with Crippen molar-refractivity contribution in [3.63, 3.8) is 0 Å². The minimum absolute atomic E-state index is 0.137. The third-order valence-corrected chi connectivity index (χ3v) is 4.93. The molecule has 2 unspecified atom stereocenters. The van der Waals surface area contributed by atoms with Crippen molar-refractivity contribution in [2.24, 2.45) is 11.7 Å². The number of hydrogen-bond donors (Lipinski definition) is 1. The fourth-order valence-corrected chi connectivity index (χ4v) is 3.96. The molecule has 0 aromatic heterocycles. The van der Waals surface area contributed by atoms with E-state index in [-0.39, 0.29) is 6.04 Å². The number of nitrogens with two attached hydrogens (primary N) is 1. The van der Waals surface area contributed by atoms with Crippen molar-refractivity contribution in [1.82, 2.24) is 4.90 Å². The second-order valence-corrected chi connectivity index (χ2v) is 7.22. The highest BCUT2D eigenvalue weighted by Gasteiger charge is 2.24. The zero-order chi connectivity index (χ0) is 14.5. The molecular weight excluding hydrogens is 312 g/mol. The number of hydrogen-bond acceptors (Lipinski definition) is 2. The second-order valence-electron chi connectivity index (χ2n) is 6.30. The lowest BCUT2D eigenvalue weighted by molar-refractivity contribution is 0.166. The second kappa shape index (κ2) is 7.58. The van der Waals surface area contributed by atoms with Crippen molar-refractivity contribution in [2.75, 3.05) is 13.6 Å². The Morgan fingerprint density at radius 2 is 2.00 bits per heavy atom. The van der Waals surface area contributed by atoms with Gasteiger partial charge in [0.25, 0.3) is 0 Å². The summed E-state index contributed by atoms with van der Waals surface area (Å²) in [6, 6.07) is 9.00. The van der Waals surface area contributed by atoms with Crippen LogP contribution in [-0.2, 0) is 0 Å². The zero-order valence-corrected chi connectivity index (χ0v) is 14.3. The van der Waals surface area contributed by atoms with Gasteiger partial charge in [0, 0.05) is 23.1 Å². The van der Waals surface area contributed by atoms with Gasteiger partial charge in [-0.15, -0.1) is 0 Å². The van der Waals surface area contributed by atoms with Crippen LogP contribution in [0.25, 0.3) is 0 Å². The van der Waals surface area contributed by atoms with Crippen LogP contribution in [0.4, 0.5) is 0 Å². The van der Waals surface area contributed by atoms with Gasteiger partial charge in [-0.05, 0) is 50.4 Å². The lowest BCUT2D eigenvalue weighted by atomic mass is 9.88. The Labute approximate surface area is 131 Å². The Hall–Kier alpha value is -0.380. The monoisotopic (exact) mass is 338 g/mol. The molecule has 0 spiro atoms. The Morgan fingerprint density at radius 3 is 2.60 bits per heavy atom. The molecule has 3 heteroatoms. The molecule has 0 aliphatic heterocycles. The van der Waals surface area contributed by atoms with E-state index in [0.29, 0.717) is 6.04 Å². The van der Waals surface area contributed by atoms with E-state index >= 15 is 0 Å². The van der Waals surface area contributed by atoms with Crippen LogP contribution in [0.15, 0.2) is 28.7 Å². The van der Waals surface area contributed by atoms with Gasteiger partial charge >= 0.3 is 0 Å². The van der Waals surface area contributed by atoms with E-state index in [1.54, 1.807) is 0 Å². The molecule has 0 bridgehead atoms. The number of benzene rings is 1. The first-order chi connectivity index (χ1) is 9.58. The third kappa shape index (κ3) is 4.31. The first-order valence-corrected chi connectivity index (χ1v) is 8.58. The SMILES string of the molecule is CC(N)C(c1cccc(Br)c1)N(C)CC1CCCCC1. The van der Waals surface area contributed by atoms with E-state index < -0.39 is 0 Å². The highest BCUT2D eigenvalue weighted by molar-refractivity contribution is 9.10. The predicted octanol–water partition coefficient (Wildman–Crippen LogP) is 4.35. The van der Waals surface area contributed by atoms with E-state index in [0.717, 1.165) is 10.4 Å². The van der Waals surface area contributed by atoms with E-state index in [4.69, 9.17) is 5.73 Å². The summed E-state index contributed by atoms with van der Waals surface area (Å²) in [5.74, 6) is 0.849. The Balaban J connectivity index is 2.07. The molecule has 112 valence electrons. The first kappa shape index (κ1) is 16.0. The molecule has 0 amide bonds. The molecule has 0 heterocycles. The molecule has 1 aromatic rings. The molecule has 1 saturated carbocycles. The minimum atomic E-state index is 0.137. The topological polar surface area (TPSA) is 29.3 Å². The van der Waals surface area contributed by atoms with Gasteiger partial charge in [0.2, 0.25) is 0 Å². The van der Waals surface area contributed by atoms with Gasteiger partial charge < -0.3 is 5.73 Å². The van der Waals surface area contributed by atoms with Gasteiger partial charge in [-0.2, -0.15) is 0 Å². The lowest BCUT2D eigenvalue weighted by Crippen LogP contribution is -2.39. The maximum Gasteiger partial charge on any atom is 0.0494 e. The highest BCUT2D eigenvalue weighted by Crippen LogP contribution is 2.29. The first-order valence-electron chi connectivity index (χ1n) is 7.79. The predicted molar refractivity (Wildman–Crippen MR) is 89.7 cm³/mol. The van der Waals surface area contributed by atoms with E-state index in [1.165, 1.54) is 44.2 Å². The summed E-state index contributed by atoms with van der Waals surface area (Å²) >= 11 is 3.57. The van der Waals surface area contributed by atoms with Crippen LogP contribution in [0, 0.1) is 5.92 Å². The van der Waals surface area contributed by atoms with Gasteiger partial charge in [-0.1, -0.05) is 47.3 Å². The fraction of sp³-hybridized carbons (Fsp3) is 0.647. The minimum Gasteiger partial charge on any atom is -0.326 e. The van der Waals surface area contributed by atoms with Crippen LogP contribution < -0.4 is 5.73 Å². The van der Waals surface area contributed by atoms with Crippen molar-refractivity contribution >= 4 is 15.9 Å². The van der Waals surface area contributed by atoms with Crippen LogP contribution in [0.2, 0.25) is 0 Å². The average Bonchev–Trinajstić information content (AvgIpc) is 2.39. The zero-order valence-electron chi connectivity index (χ0n) is 12.7. The Morgan fingerprint density at radius 1 is 1.30 bits per heavy atom. The number of nitrogens with zero attached hydrogens (tertiary/aromatic N) is 1. The van der Waals surface area contributed by atoms with Crippen LogP contribution >= 0.6 is 15.9 Å². The molecule has 1 aromatic carbocycles. The van der Waals surface area contributed by atoms with Crippen LogP contribution in [0.5, 0.6) is 0 Å². The number of rotatable bonds is 5. The summed E-state index contributed by atoms with van der Waals surface area (Å²) in [6.45, 7) is 3.28. The Kier molecular flexibility index (Phi) is 6.06. The molecular formula is C17H27BrN2. The van der Waals surface area contributed by atoms with E-state index in [9.17, 15) is 0 Å². The number of likely N-dealkylation sites (N-methyl/N-ethyl adjacent to an activating group) is 1. The highest BCUT2D eigenvalue weighted by atomic mass is 79.9. The maximum absolute atomic E-state index is 6.27. The van der Waals surface area contributed by atoms with Gasteiger partial charge in [0.05, 0.1) is 0 Å². The maximum atomic E-state index is 6.27. The molecule has 20 heavy (non-hydrogen) atoms. The quantitative estimate of drug-likeness (QED) is 0.864. The van der Waals surface area contributed by atoms with Crippen molar-refractivity contribution in [3.8, 4) is 0 Å². The summed E-state index contributed by atoms with van der Waals surface area (Å²) < 4.78 is 1.13. The van der Waals surface area contributed by atoms with Crippen LogP contribution in [0.1, 0.15) is 50.6 Å². The average molecular weight is 339 g/mol. The molecule has 2 N–H and O–H groups in total. The third-order valence-electron chi connectivity index (χ3n) is 4.43. The van der Waals surface area contributed by atoms with E-state index in [2.05, 4.69) is 59.1 Å².